The second-order valence-corrected chi connectivity index (χ2v) is 7.69. The fraction of sp³-hybridized carbons (Fsp3) is 0.364. The Bertz CT molecular complexity index is 950. The van der Waals surface area contributed by atoms with Crippen LogP contribution in [-0.4, -0.2) is 43.9 Å². The number of alkyl halides is 3. The van der Waals surface area contributed by atoms with E-state index in [1.807, 2.05) is 0 Å². The molecule has 0 aliphatic carbocycles. The molecule has 1 saturated heterocycles. The van der Waals surface area contributed by atoms with Crippen LogP contribution in [0.25, 0.3) is 0 Å². The van der Waals surface area contributed by atoms with E-state index in [9.17, 15) is 27.2 Å². The van der Waals surface area contributed by atoms with Crippen LogP contribution in [0.2, 0.25) is 0 Å². The molecule has 166 valence electrons. The molecule has 1 aliphatic rings. The topological polar surface area (TPSA) is 52.7 Å². The second-order valence-electron chi connectivity index (χ2n) is 7.69. The summed E-state index contributed by atoms with van der Waals surface area (Å²) in [5.74, 6) is -1.48. The first-order valence-corrected chi connectivity index (χ1v) is 9.80. The predicted molar refractivity (Wildman–Crippen MR) is 109 cm³/mol. The molecule has 1 fully saturated rings. The maximum atomic E-state index is 13.1. The molecule has 1 N–H and O–H groups in total. The number of likely N-dealkylation sites (tertiary alicyclic amines) is 1. The fourth-order valence-electron chi connectivity index (χ4n) is 3.56. The molecule has 0 bridgehead atoms. The van der Waals surface area contributed by atoms with Crippen molar-refractivity contribution in [3.63, 3.8) is 0 Å². The predicted octanol–water partition coefficient (Wildman–Crippen LogP) is 4.40. The van der Waals surface area contributed by atoms with E-state index in [0.717, 1.165) is 12.1 Å². The summed E-state index contributed by atoms with van der Waals surface area (Å²) in [5, 5.41) is 2.63. The van der Waals surface area contributed by atoms with Gasteiger partial charge < -0.3 is 15.1 Å². The zero-order valence-electron chi connectivity index (χ0n) is 17.2. The molecule has 2 aromatic rings. The molecule has 5 nitrogen and oxygen atoms in total. The lowest BCUT2D eigenvalue weighted by molar-refractivity contribution is -0.137. The van der Waals surface area contributed by atoms with Gasteiger partial charge in [0.15, 0.2) is 0 Å². The van der Waals surface area contributed by atoms with E-state index >= 15 is 0 Å². The van der Waals surface area contributed by atoms with Gasteiger partial charge in [-0.1, -0.05) is 0 Å². The Kier molecular flexibility index (Phi) is 6.52. The Morgan fingerprint density at radius 2 is 1.65 bits per heavy atom. The molecule has 1 heterocycles. The number of anilines is 2. The van der Waals surface area contributed by atoms with Crippen LogP contribution in [0.15, 0.2) is 42.5 Å². The summed E-state index contributed by atoms with van der Waals surface area (Å²) in [6, 6.07) is 8.47. The van der Waals surface area contributed by atoms with E-state index in [0.29, 0.717) is 37.2 Å². The minimum absolute atomic E-state index is 0.0923. The molecule has 0 aromatic heterocycles. The van der Waals surface area contributed by atoms with Gasteiger partial charge in [0, 0.05) is 38.7 Å². The van der Waals surface area contributed by atoms with Gasteiger partial charge in [0.1, 0.15) is 5.82 Å². The van der Waals surface area contributed by atoms with Gasteiger partial charge in [-0.15, -0.1) is 0 Å². The standard InChI is InChI=1S/C22H23F4N3O2/c1-28(2)19-8-5-16(22(24,25)26)13-18(19)27-20(30)14-9-11-29(12-10-14)21(31)15-3-6-17(23)7-4-15/h3-8,13-14H,9-12H2,1-2H3,(H,27,30). The number of amides is 2. The number of nitrogens with zero attached hydrogens (tertiary/aromatic N) is 2. The average Bonchev–Trinajstić information content (AvgIpc) is 2.73. The first-order valence-electron chi connectivity index (χ1n) is 9.80. The number of piperidine rings is 1. The molecule has 0 atom stereocenters. The van der Waals surface area contributed by atoms with E-state index in [1.165, 1.54) is 30.3 Å². The molecule has 2 aromatic carbocycles. The highest BCUT2D eigenvalue weighted by Gasteiger charge is 2.32. The van der Waals surface area contributed by atoms with Crippen molar-refractivity contribution in [2.24, 2.45) is 5.92 Å². The van der Waals surface area contributed by atoms with Crippen molar-refractivity contribution < 1.29 is 27.2 Å². The number of hydrogen-bond acceptors (Lipinski definition) is 3. The van der Waals surface area contributed by atoms with Gasteiger partial charge in [-0.05, 0) is 55.3 Å². The summed E-state index contributed by atoms with van der Waals surface area (Å²) in [7, 11) is 3.36. The number of carbonyl (C=O) groups is 2. The monoisotopic (exact) mass is 437 g/mol. The van der Waals surface area contributed by atoms with Crippen molar-refractivity contribution in [2.45, 2.75) is 19.0 Å². The van der Waals surface area contributed by atoms with Crippen molar-refractivity contribution >= 4 is 23.2 Å². The maximum Gasteiger partial charge on any atom is 0.416 e. The van der Waals surface area contributed by atoms with Gasteiger partial charge in [-0.25, -0.2) is 4.39 Å². The van der Waals surface area contributed by atoms with Crippen molar-refractivity contribution in [1.82, 2.24) is 4.90 Å². The summed E-state index contributed by atoms with van der Waals surface area (Å²) in [6.45, 7) is 0.662. The van der Waals surface area contributed by atoms with E-state index in [-0.39, 0.29) is 17.5 Å². The molecule has 31 heavy (non-hydrogen) atoms. The Balaban J connectivity index is 1.66. The van der Waals surface area contributed by atoms with Gasteiger partial charge in [0.2, 0.25) is 5.91 Å². The lowest BCUT2D eigenvalue weighted by atomic mass is 9.95. The molecule has 0 spiro atoms. The highest BCUT2D eigenvalue weighted by atomic mass is 19.4. The van der Waals surface area contributed by atoms with Crippen molar-refractivity contribution in [3.8, 4) is 0 Å². The molecule has 3 rings (SSSR count). The summed E-state index contributed by atoms with van der Waals surface area (Å²) >= 11 is 0. The summed E-state index contributed by atoms with van der Waals surface area (Å²) in [6.07, 6.45) is -3.75. The molecular formula is C22H23F4N3O2. The SMILES string of the molecule is CN(C)c1ccc(C(F)(F)F)cc1NC(=O)C1CCN(C(=O)c2ccc(F)cc2)CC1. The van der Waals surface area contributed by atoms with E-state index < -0.39 is 23.5 Å². The number of benzene rings is 2. The maximum absolute atomic E-state index is 13.1. The number of nitrogens with one attached hydrogen (secondary N) is 1. The van der Waals surface area contributed by atoms with Crippen LogP contribution >= 0.6 is 0 Å². The first-order chi connectivity index (χ1) is 14.6. The largest absolute Gasteiger partial charge is 0.416 e. The lowest BCUT2D eigenvalue weighted by Crippen LogP contribution is -2.41. The van der Waals surface area contributed by atoms with Gasteiger partial charge in [0.05, 0.1) is 16.9 Å². The van der Waals surface area contributed by atoms with Crippen LogP contribution in [0.3, 0.4) is 0 Å². The van der Waals surface area contributed by atoms with Crippen LogP contribution in [-0.2, 0) is 11.0 Å². The molecule has 9 heteroatoms. The smallest absolute Gasteiger partial charge is 0.376 e. The van der Waals surface area contributed by atoms with Gasteiger partial charge in [-0.2, -0.15) is 13.2 Å². The number of hydrogen-bond donors (Lipinski definition) is 1. The van der Waals surface area contributed by atoms with Gasteiger partial charge >= 0.3 is 6.18 Å². The molecule has 2 amide bonds. The summed E-state index contributed by atoms with van der Waals surface area (Å²) < 4.78 is 52.3. The molecular weight excluding hydrogens is 414 g/mol. The van der Waals surface area contributed by atoms with Crippen LogP contribution in [0.4, 0.5) is 28.9 Å². The Morgan fingerprint density at radius 1 is 1.03 bits per heavy atom. The number of halogens is 4. The van der Waals surface area contributed by atoms with Crippen LogP contribution < -0.4 is 10.2 Å². The van der Waals surface area contributed by atoms with Gasteiger partial charge in [-0.3, -0.25) is 9.59 Å². The third-order valence-electron chi connectivity index (χ3n) is 5.31. The van der Waals surface area contributed by atoms with Crippen molar-refractivity contribution in [3.05, 3.63) is 59.4 Å². The number of rotatable bonds is 4. The zero-order valence-corrected chi connectivity index (χ0v) is 17.2. The second kappa shape index (κ2) is 8.95. The molecule has 1 aliphatic heterocycles. The highest BCUT2D eigenvalue weighted by Crippen LogP contribution is 2.35. The highest BCUT2D eigenvalue weighted by molar-refractivity contribution is 5.97. The summed E-state index contributed by atoms with van der Waals surface area (Å²) in [5.41, 5.74) is 0.0805. The average molecular weight is 437 g/mol. The zero-order chi connectivity index (χ0) is 22.8. The van der Waals surface area contributed by atoms with Gasteiger partial charge in [0.25, 0.3) is 5.91 Å². The molecule has 0 radical (unpaired) electrons. The lowest BCUT2D eigenvalue weighted by Gasteiger charge is -2.31. The minimum Gasteiger partial charge on any atom is -0.376 e. The van der Waals surface area contributed by atoms with E-state index in [1.54, 1.807) is 23.9 Å². The quantitative estimate of drug-likeness (QED) is 0.722. The Hall–Kier alpha value is -3.10. The van der Waals surface area contributed by atoms with Crippen LogP contribution in [0.5, 0.6) is 0 Å². The first kappa shape index (κ1) is 22.6. The molecule has 0 saturated carbocycles. The third kappa shape index (κ3) is 5.34. The van der Waals surface area contributed by atoms with Crippen LogP contribution in [0.1, 0.15) is 28.8 Å². The minimum atomic E-state index is -4.52. The van der Waals surface area contributed by atoms with E-state index in [2.05, 4.69) is 5.32 Å². The fourth-order valence-corrected chi connectivity index (χ4v) is 3.56. The van der Waals surface area contributed by atoms with Crippen molar-refractivity contribution in [2.75, 3.05) is 37.4 Å². The normalized spacial score (nSPS) is 15.0. The summed E-state index contributed by atoms with van der Waals surface area (Å²) in [4.78, 5) is 28.5. The van der Waals surface area contributed by atoms with E-state index in [4.69, 9.17) is 0 Å². The third-order valence-corrected chi connectivity index (χ3v) is 5.31. The Morgan fingerprint density at radius 3 is 2.19 bits per heavy atom. The molecule has 0 unspecified atom stereocenters. The van der Waals surface area contributed by atoms with Crippen molar-refractivity contribution in [1.29, 1.82) is 0 Å². The van der Waals surface area contributed by atoms with Crippen LogP contribution in [0, 0.1) is 11.7 Å². The number of carbonyl (C=O) groups excluding carboxylic acids is 2. The Labute approximate surface area is 177 Å².